The van der Waals surface area contributed by atoms with Gasteiger partial charge in [0.2, 0.25) is 0 Å². The highest BCUT2D eigenvalue weighted by atomic mass is 79.9. The van der Waals surface area contributed by atoms with E-state index in [1.807, 2.05) is 26.4 Å². The summed E-state index contributed by atoms with van der Waals surface area (Å²) in [7, 11) is 3.86. The van der Waals surface area contributed by atoms with Crippen LogP contribution in [-0.2, 0) is 17.8 Å². The number of hydrogen-bond donors (Lipinski definition) is 1. The lowest BCUT2D eigenvalue weighted by Gasteiger charge is -2.32. The molecule has 1 atom stereocenters. The summed E-state index contributed by atoms with van der Waals surface area (Å²) in [6, 6.07) is 12.5. The number of nitrogens with one attached hydrogen (secondary N) is 1. The van der Waals surface area contributed by atoms with Crippen molar-refractivity contribution in [2.45, 2.75) is 26.1 Å². The van der Waals surface area contributed by atoms with Crippen molar-refractivity contribution in [2.24, 2.45) is 4.99 Å². The molecule has 2 heterocycles. The normalized spacial score (nSPS) is 17.5. The molecule has 1 fully saturated rings. The number of pyridine rings is 1. The number of aromatic nitrogens is 1. The summed E-state index contributed by atoms with van der Waals surface area (Å²) in [5, 5.41) is 3.45. The van der Waals surface area contributed by atoms with Crippen LogP contribution in [0.15, 0.2) is 52.1 Å². The average Bonchev–Trinajstić information content (AvgIpc) is 2.70. The van der Waals surface area contributed by atoms with Gasteiger partial charge in [0.05, 0.1) is 12.7 Å². The first-order valence-corrected chi connectivity index (χ1v) is 10.3. The van der Waals surface area contributed by atoms with E-state index in [9.17, 15) is 0 Å². The Morgan fingerprint density at radius 3 is 2.82 bits per heavy atom. The number of benzene rings is 1. The van der Waals surface area contributed by atoms with Gasteiger partial charge >= 0.3 is 0 Å². The summed E-state index contributed by atoms with van der Waals surface area (Å²) in [5.41, 5.74) is 2.42. The molecule has 1 N–H and O–H groups in total. The van der Waals surface area contributed by atoms with E-state index in [1.165, 1.54) is 11.1 Å². The van der Waals surface area contributed by atoms with Crippen molar-refractivity contribution in [1.29, 1.82) is 0 Å². The Bertz CT molecular complexity index is 796. The Balaban J connectivity index is 1.58. The molecular weight excluding hydrogens is 418 g/mol. The fourth-order valence-corrected chi connectivity index (χ4v) is 3.54. The van der Waals surface area contributed by atoms with Crippen LogP contribution in [0.2, 0.25) is 0 Å². The van der Waals surface area contributed by atoms with Gasteiger partial charge in [-0.3, -0.25) is 4.99 Å². The molecule has 1 aromatic carbocycles. The minimum absolute atomic E-state index is 0.239. The van der Waals surface area contributed by atoms with Gasteiger partial charge in [-0.1, -0.05) is 28.1 Å². The molecule has 1 unspecified atom stereocenters. The van der Waals surface area contributed by atoms with Gasteiger partial charge in [-0.2, -0.15) is 0 Å². The molecule has 150 valence electrons. The number of aliphatic imine (C=N–C) groups is 1. The number of guanidine groups is 1. The maximum atomic E-state index is 5.63. The van der Waals surface area contributed by atoms with E-state index in [0.29, 0.717) is 6.54 Å². The van der Waals surface area contributed by atoms with E-state index >= 15 is 0 Å². The lowest BCUT2D eigenvalue weighted by Crippen LogP contribution is -2.41. The zero-order valence-electron chi connectivity index (χ0n) is 16.7. The van der Waals surface area contributed by atoms with Crippen molar-refractivity contribution in [2.75, 3.05) is 38.7 Å². The Labute approximate surface area is 175 Å². The summed E-state index contributed by atoms with van der Waals surface area (Å²) >= 11 is 3.48. The lowest BCUT2D eigenvalue weighted by atomic mass is 10.2. The molecule has 0 aliphatic carbocycles. The molecule has 0 amide bonds. The highest BCUT2D eigenvalue weighted by Gasteiger charge is 2.18. The second-order valence-electron chi connectivity index (χ2n) is 7.03. The quantitative estimate of drug-likeness (QED) is 0.565. The Morgan fingerprint density at radius 1 is 1.32 bits per heavy atom. The van der Waals surface area contributed by atoms with Gasteiger partial charge < -0.3 is 19.9 Å². The molecule has 0 radical (unpaired) electrons. The minimum atomic E-state index is 0.239. The van der Waals surface area contributed by atoms with Crippen LogP contribution < -0.4 is 10.2 Å². The van der Waals surface area contributed by atoms with Crippen LogP contribution in [0.3, 0.4) is 0 Å². The predicted molar refractivity (Wildman–Crippen MR) is 118 cm³/mol. The van der Waals surface area contributed by atoms with E-state index < -0.39 is 0 Å². The molecule has 6 nitrogen and oxygen atoms in total. The SMILES string of the molecule is CN=C(NCc1ccnc(N2CCOC(C)C2)c1)N(C)Cc1ccc(Br)cc1. The summed E-state index contributed by atoms with van der Waals surface area (Å²) in [6.07, 6.45) is 2.12. The molecule has 2 aromatic rings. The van der Waals surface area contributed by atoms with E-state index in [4.69, 9.17) is 4.74 Å². The predicted octanol–water partition coefficient (Wildman–Crippen LogP) is 3.28. The van der Waals surface area contributed by atoms with Crippen LogP contribution >= 0.6 is 15.9 Å². The van der Waals surface area contributed by atoms with Crippen LogP contribution in [0.4, 0.5) is 5.82 Å². The monoisotopic (exact) mass is 445 g/mol. The van der Waals surface area contributed by atoms with Crippen LogP contribution in [-0.4, -0.2) is 55.7 Å². The van der Waals surface area contributed by atoms with Crippen molar-refractivity contribution in [3.63, 3.8) is 0 Å². The van der Waals surface area contributed by atoms with Gasteiger partial charge in [-0.25, -0.2) is 4.98 Å². The summed E-state index contributed by atoms with van der Waals surface area (Å²) in [4.78, 5) is 13.4. The Kier molecular flexibility index (Phi) is 7.28. The second-order valence-corrected chi connectivity index (χ2v) is 7.95. The van der Waals surface area contributed by atoms with E-state index in [1.54, 1.807) is 0 Å². The standard InChI is InChI=1S/C21H28BrN5O/c1-16-14-27(10-11-28-16)20-12-18(8-9-24-20)13-25-21(23-2)26(3)15-17-4-6-19(22)7-5-17/h4-9,12,16H,10-11,13-15H2,1-3H3,(H,23,25). The first-order chi connectivity index (χ1) is 13.5. The van der Waals surface area contributed by atoms with Gasteiger partial charge in [0.15, 0.2) is 5.96 Å². The van der Waals surface area contributed by atoms with Gasteiger partial charge in [0.1, 0.15) is 5.82 Å². The first kappa shape index (κ1) is 20.6. The van der Waals surface area contributed by atoms with Gasteiger partial charge in [-0.05, 0) is 42.3 Å². The van der Waals surface area contributed by atoms with Gasteiger partial charge in [-0.15, -0.1) is 0 Å². The van der Waals surface area contributed by atoms with Crippen LogP contribution in [0, 0.1) is 0 Å². The number of nitrogens with zero attached hydrogens (tertiary/aromatic N) is 4. The molecule has 28 heavy (non-hydrogen) atoms. The first-order valence-electron chi connectivity index (χ1n) is 9.53. The third kappa shape index (κ3) is 5.69. The Hall–Kier alpha value is -2.12. The van der Waals surface area contributed by atoms with Crippen LogP contribution in [0.5, 0.6) is 0 Å². The van der Waals surface area contributed by atoms with Crippen molar-refractivity contribution in [3.05, 3.63) is 58.2 Å². The number of rotatable bonds is 5. The summed E-state index contributed by atoms with van der Waals surface area (Å²) < 4.78 is 6.72. The fraction of sp³-hybridized carbons (Fsp3) is 0.429. The number of halogens is 1. The van der Waals surface area contributed by atoms with Gasteiger partial charge in [0.25, 0.3) is 0 Å². The highest BCUT2D eigenvalue weighted by molar-refractivity contribution is 9.10. The van der Waals surface area contributed by atoms with Crippen LogP contribution in [0.25, 0.3) is 0 Å². The molecule has 1 saturated heterocycles. The lowest BCUT2D eigenvalue weighted by molar-refractivity contribution is 0.0529. The maximum absolute atomic E-state index is 5.63. The third-order valence-corrected chi connectivity index (χ3v) is 5.26. The zero-order chi connectivity index (χ0) is 19.9. The molecule has 0 bridgehead atoms. The van der Waals surface area contributed by atoms with Crippen molar-refractivity contribution < 1.29 is 4.74 Å². The number of morpholine rings is 1. The van der Waals surface area contributed by atoms with E-state index in [2.05, 4.69) is 78.3 Å². The number of anilines is 1. The fourth-order valence-electron chi connectivity index (χ4n) is 3.27. The molecule has 1 aliphatic heterocycles. The largest absolute Gasteiger partial charge is 0.375 e. The molecular formula is C21H28BrN5O. The average molecular weight is 446 g/mol. The van der Waals surface area contributed by atoms with Crippen molar-refractivity contribution >= 4 is 27.7 Å². The van der Waals surface area contributed by atoms with Crippen molar-refractivity contribution in [3.8, 4) is 0 Å². The number of ether oxygens (including phenoxy) is 1. The molecule has 3 rings (SSSR count). The van der Waals surface area contributed by atoms with Gasteiger partial charge in [0, 0.05) is 50.9 Å². The Morgan fingerprint density at radius 2 is 2.11 bits per heavy atom. The van der Waals surface area contributed by atoms with E-state index in [0.717, 1.165) is 42.5 Å². The van der Waals surface area contributed by atoms with E-state index in [-0.39, 0.29) is 6.10 Å². The molecule has 7 heteroatoms. The topological polar surface area (TPSA) is 53.0 Å². The highest BCUT2D eigenvalue weighted by Crippen LogP contribution is 2.16. The number of hydrogen-bond acceptors (Lipinski definition) is 4. The molecule has 0 spiro atoms. The second kappa shape index (κ2) is 9.89. The van der Waals surface area contributed by atoms with Crippen LogP contribution in [0.1, 0.15) is 18.1 Å². The molecule has 1 aromatic heterocycles. The minimum Gasteiger partial charge on any atom is -0.375 e. The summed E-state index contributed by atoms with van der Waals surface area (Å²) in [6.45, 7) is 6.10. The zero-order valence-corrected chi connectivity index (χ0v) is 18.3. The smallest absolute Gasteiger partial charge is 0.193 e. The maximum Gasteiger partial charge on any atom is 0.193 e. The molecule has 0 saturated carbocycles. The third-order valence-electron chi connectivity index (χ3n) is 4.73. The van der Waals surface area contributed by atoms with Crippen molar-refractivity contribution in [1.82, 2.24) is 15.2 Å². The summed E-state index contributed by atoms with van der Waals surface area (Å²) in [5.74, 6) is 1.87. The molecule has 1 aliphatic rings.